The number of nitrogens with zero attached hydrogens (tertiary/aromatic N) is 4. The Morgan fingerprint density at radius 1 is 1.08 bits per heavy atom. The molecule has 0 bridgehead atoms. The lowest BCUT2D eigenvalue weighted by Gasteiger charge is -2.31. The zero-order valence-electron chi connectivity index (χ0n) is 20.7. The summed E-state index contributed by atoms with van der Waals surface area (Å²) in [6, 6.07) is 16.7. The van der Waals surface area contributed by atoms with Gasteiger partial charge in [-0.25, -0.2) is 4.98 Å². The van der Waals surface area contributed by atoms with Crippen LogP contribution >= 0.6 is 0 Å². The van der Waals surface area contributed by atoms with Crippen molar-refractivity contribution in [3.63, 3.8) is 0 Å². The quantitative estimate of drug-likeness (QED) is 0.324. The number of likely N-dealkylation sites (tertiary alicyclic amines) is 1. The predicted molar refractivity (Wildman–Crippen MR) is 138 cm³/mol. The lowest BCUT2D eigenvalue weighted by Crippen LogP contribution is -2.43. The maximum Gasteiger partial charge on any atom is 0.309 e. The van der Waals surface area contributed by atoms with Crippen molar-refractivity contribution in [3.05, 3.63) is 87.8 Å². The number of piperidine rings is 1. The first-order valence-electron chi connectivity index (χ1n) is 12.6. The first-order chi connectivity index (χ1) is 18.0. The summed E-state index contributed by atoms with van der Waals surface area (Å²) in [6.45, 7) is 3.27. The molecule has 1 N–H and O–H groups in total. The van der Waals surface area contributed by atoms with Crippen molar-refractivity contribution < 1.29 is 14.3 Å². The first-order valence-corrected chi connectivity index (χ1v) is 12.6. The summed E-state index contributed by atoms with van der Waals surface area (Å²) in [6.07, 6.45) is 3.28. The molecule has 1 saturated heterocycles. The van der Waals surface area contributed by atoms with Crippen LogP contribution in [0.5, 0.6) is 0 Å². The number of benzene rings is 1. The van der Waals surface area contributed by atoms with Crippen LogP contribution in [0.1, 0.15) is 35.7 Å². The van der Waals surface area contributed by atoms with Crippen molar-refractivity contribution in [3.8, 4) is 0 Å². The molecule has 0 unspecified atom stereocenters. The van der Waals surface area contributed by atoms with Crippen LogP contribution in [0.2, 0.25) is 0 Å². The van der Waals surface area contributed by atoms with E-state index in [1.54, 1.807) is 40.8 Å². The molecule has 1 fully saturated rings. The second-order valence-electron chi connectivity index (χ2n) is 9.20. The van der Waals surface area contributed by atoms with Gasteiger partial charge in [-0.2, -0.15) is 0 Å². The van der Waals surface area contributed by atoms with E-state index in [1.807, 2.05) is 30.3 Å². The van der Waals surface area contributed by atoms with E-state index in [0.29, 0.717) is 56.8 Å². The van der Waals surface area contributed by atoms with Gasteiger partial charge in [0.2, 0.25) is 0 Å². The van der Waals surface area contributed by atoms with Crippen LogP contribution in [-0.2, 0) is 22.5 Å². The molecule has 4 heterocycles. The first kappa shape index (κ1) is 24.4. The number of carbonyl (C=O) groups excluding carboxylic acids is 2. The van der Waals surface area contributed by atoms with E-state index in [9.17, 15) is 14.4 Å². The Balaban J connectivity index is 1.55. The summed E-state index contributed by atoms with van der Waals surface area (Å²) in [5.41, 5.74) is 1.84. The number of fused-ring (bicyclic) bond motifs is 2. The third-order valence-corrected chi connectivity index (χ3v) is 6.92. The van der Waals surface area contributed by atoms with Gasteiger partial charge in [-0.05, 0) is 49.9 Å². The van der Waals surface area contributed by atoms with Crippen molar-refractivity contribution >= 4 is 28.6 Å². The Labute approximate surface area is 213 Å². The highest BCUT2D eigenvalue weighted by Gasteiger charge is 2.30. The molecule has 0 spiro atoms. The van der Waals surface area contributed by atoms with Crippen molar-refractivity contribution in [1.82, 2.24) is 18.9 Å². The van der Waals surface area contributed by atoms with Crippen LogP contribution in [0, 0.1) is 11.3 Å². The molecule has 1 aliphatic heterocycles. The zero-order chi connectivity index (χ0) is 25.9. The minimum Gasteiger partial charge on any atom is -0.466 e. The van der Waals surface area contributed by atoms with Crippen molar-refractivity contribution in [2.24, 2.45) is 5.92 Å². The van der Waals surface area contributed by atoms with Gasteiger partial charge >= 0.3 is 5.97 Å². The third-order valence-electron chi connectivity index (χ3n) is 6.92. The van der Waals surface area contributed by atoms with Crippen molar-refractivity contribution in [2.45, 2.75) is 32.7 Å². The molecule has 4 aromatic rings. The molecule has 9 nitrogen and oxygen atoms in total. The van der Waals surface area contributed by atoms with Gasteiger partial charge < -0.3 is 14.2 Å². The SMILES string of the molecule is CCOC(=O)C1CCN(C(=O)c2cc3c(=O)n4ccccc4nc3n(CCc3ccccc3)c2=N)CC1. The van der Waals surface area contributed by atoms with Crippen LogP contribution in [0.15, 0.2) is 65.6 Å². The van der Waals surface area contributed by atoms with Gasteiger partial charge in [-0.15, -0.1) is 0 Å². The number of amides is 1. The Bertz CT molecular complexity index is 1580. The fourth-order valence-corrected chi connectivity index (χ4v) is 4.90. The molecule has 0 radical (unpaired) electrons. The summed E-state index contributed by atoms with van der Waals surface area (Å²) < 4.78 is 8.25. The molecule has 0 saturated carbocycles. The average Bonchev–Trinajstić information content (AvgIpc) is 2.93. The highest BCUT2D eigenvalue weighted by molar-refractivity contribution is 5.97. The lowest BCUT2D eigenvalue weighted by atomic mass is 9.96. The second-order valence-corrected chi connectivity index (χ2v) is 9.20. The molecule has 0 aliphatic carbocycles. The minimum absolute atomic E-state index is 0.0214. The number of hydrogen-bond donors (Lipinski definition) is 1. The van der Waals surface area contributed by atoms with E-state index < -0.39 is 0 Å². The Hall–Kier alpha value is -4.27. The highest BCUT2D eigenvalue weighted by Crippen LogP contribution is 2.21. The monoisotopic (exact) mass is 499 g/mol. The smallest absolute Gasteiger partial charge is 0.309 e. The van der Waals surface area contributed by atoms with E-state index in [4.69, 9.17) is 15.1 Å². The van der Waals surface area contributed by atoms with E-state index in [-0.39, 0.29) is 39.8 Å². The second kappa shape index (κ2) is 10.4. The standard InChI is InChI=1S/C28H29N5O4/c1-2-37-28(36)20-12-15-31(16-13-20)26(34)21-18-22-25(30-23-10-6-7-14-32(23)27(22)35)33(24(21)29)17-11-19-8-4-3-5-9-19/h3-10,14,18,20,29H,2,11-13,15-17H2,1H3. The number of carbonyl (C=O) groups is 2. The lowest BCUT2D eigenvalue weighted by molar-refractivity contribution is -0.149. The summed E-state index contributed by atoms with van der Waals surface area (Å²) in [5, 5.41) is 9.27. The number of aromatic nitrogens is 3. The number of nitrogens with one attached hydrogen (secondary N) is 1. The Morgan fingerprint density at radius 2 is 1.81 bits per heavy atom. The molecule has 1 aliphatic rings. The molecule has 3 aromatic heterocycles. The van der Waals surface area contributed by atoms with Crippen LogP contribution < -0.4 is 11.0 Å². The van der Waals surface area contributed by atoms with E-state index in [1.165, 1.54) is 10.5 Å². The summed E-state index contributed by atoms with van der Waals surface area (Å²) in [7, 11) is 0. The van der Waals surface area contributed by atoms with E-state index >= 15 is 0 Å². The number of esters is 1. The Kier molecular flexibility index (Phi) is 6.85. The maximum atomic E-state index is 13.6. The number of pyridine rings is 2. The highest BCUT2D eigenvalue weighted by atomic mass is 16.5. The van der Waals surface area contributed by atoms with E-state index in [2.05, 4.69) is 0 Å². The van der Waals surface area contributed by atoms with Crippen LogP contribution in [0.4, 0.5) is 0 Å². The normalized spacial score (nSPS) is 14.2. The van der Waals surface area contributed by atoms with Crippen molar-refractivity contribution in [2.75, 3.05) is 19.7 Å². The van der Waals surface area contributed by atoms with Crippen LogP contribution in [0.25, 0.3) is 16.7 Å². The van der Waals surface area contributed by atoms with Crippen LogP contribution in [0.3, 0.4) is 0 Å². The molecule has 9 heteroatoms. The van der Waals surface area contributed by atoms with Gasteiger partial charge in [0, 0.05) is 25.8 Å². The Morgan fingerprint density at radius 3 is 2.54 bits per heavy atom. The number of rotatable bonds is 6. The molecule has 0 atom stereocenters. The minimum atomic E-state index is -0.319. The van der Waals surface area contributed by atoms with Gasteiger partial charge in [0.1, 0.15) is 16.8 Å². The van der Waals surface area contributed by atoms with Gasteiger partial charge in [0.05, 0.1) is 23.5 Å². The molecule has 1 aromatic carbocycles. The number of hydrogen-bond acceptors (Lipinski definition) is 6. The van der Waals surface area contributed by atoms with Crippen molar-refractivity contribution in [1.29, 1.82) is 5.41 Å². The molecular weight excluding hydrogens is 470 g/mol. The predicted octanol–water partition coefficient (Wildman–Crippen LogP) is 2.79. The summed E-state index contributed by atoms with van der Waals surface area (Å²) in [4.78, 5) is 45.5. The molecular formula is C28H29N5O4. The maximum absolute atomic E-state index is 13.6. The number of ether oxygens (including phenoxy) is 1. The topological polar surface area (TPSA) is 110 Å². The van der Waals surface area contributed by atoms with Gasteiger partial charge in [0.25, 0.3) is 11.5 Å². The zero-order valence-corrected chi connectivity index (χ0v) is 20.7. The van der Waals surface area contributed by atoms with Gasteiger partial charge in [-0.1, -0.05) is 36.4 Å². The molecule has 190 valence electrons. The fraction of sp³-hybridized carbons (Fsp3) is 0.321. The summed E-state index contributed by atoms with van der Waals surface area (Å²) in [5.74, 6) is -0.779. The average molecular weight is 500 g/mol. The molecule has 1 amide bonds. The van der Waals surface area contributed by atoms with Gasteiger partial charge in [0.15, 0.2) is 0 Å². The fourth-order valence-electron chi connectivity index (χ4n) is 4.90. The van der Waals surface area contributed by atoms with E-state index in [0.717, 1.165) is 5.56 Å². The van der Waals surface area contributed by atoms with Crippen LogP contribution in [-0.4, -0.2) is 50.4 Å². The largest absolute Gasteiger partial charge is 0.466 e. The molecule has 37 heavy (non-hydrogen) atoms. The molecule has 5 rings (SSSR count). The summed E-state index contributed by atoms with van der Waals surface area (Å²) >= 11 is 0. The van der Waals surface area contributed by atoms with Gasteiger partial charge in [-0.3, -0.25) is 24.2 Å². The third kappa shape index (κ3) is 4.76. The number of aryl methyl sites for hydroxylation is 2.